The Morgan fingerprint density at radius 2 is 2.15 bits per heavy atom. The highest BCUT2D eigenvalue weighted by atomic mass is 35.5. The molecule has 6 heteroatoms. The number of benzene rings is 1. The number of nitriles is 1. The molecular weight excluding hydrogens is 366 g/mol. The standard InChI is InChI=1S/C20H22ClN3OS/c1-3-4-6-16-10-9-15(13-22)20(23-16)26-12-11-19(25)24-18-8-5-7-17(21)14(18)2/h5,7-10H,3-4,6,11-12H2,1-2H3,(H,24,25). The lowest BCUT2D eigenvalue weighted by molar-refractivity contribution is -0.115. The maximum atomic E-state index is 12.2. The van der Waals surface area contributed by atoms with Crippen LogP contribution in [-0.2, 0) is 11.2 Å². The SMILES string of the molecule is CCCCc1ccc(C#N)c(SCCC(=O)Nc2cccc(Cl)c2C)n1. The van der Waals surface area contributed by atoms with Crippen LogP contribution in [-0.4, -0.2) is 16.6 Å². The molecule has 1 N–H and O–H groups in total. The van der Waals surface area contributed by atoms with E-state index in [-0.39, 0.29) is 5.91 Å². The van der Waals surface area contributed by atoms with Crippen LogP contribution < -0.4 is 5.32 Å². The van der Waals surface area contributed by atoms with E-state index >= 15 is 0 Å². The second kappa shape index (κ2) is 10.2. The fourth-order valence-corrected chi connectivity index (χ4v) is 3.47. The van der Waals surface area contributed by atoms with Crippen molar-refractivity contribution in [2.75, 3.05) is 11.1 Å². The molecule has 0 bridgehead atoms. The van der Waals surface area contributed by atoms with Crippen molar-refractivity contribution < 1.29 is 4.79 Å². The highest BCUT2D eigenvalue weighted by Crippen LogP contribution is 2.24. The number of unbranched alkanes of at least 4 members (excludes halogenated alkanes) is 1. The molecule has 26 heavy (non-hydrogen) atoms. The van der Waals surface area contributed by atoms with E-state index in [1.54, 1.807) is 6.07 Å². The Morgan fingerprint density at radius 3 is 2.88 bits per heavy atom. The summed E-state index contributed by atoms with van der Waals surface area (Å²) in [5, 5.41) is 13.5. The first-order valence-electron chi connectivity index (χ1n) is 8.63. The zero-order valence-electron chi connectivity index (χ0n) is 15.0. The van der Waals surface area contributed by atoms with Gasteiger partial charge in [-0.2, -0.15) is 5.26 Å². The molecule has 136 valence electrons. The van der Waals surface area contributed by atoms with Gasteiger partial charge in [0.25, 0.3) is 0 Å². The number of thioether (sulfide) groups is 1. The van der Waals surface area contributed by atoms with E-state index in [9.17, 15) is 10.1 Å². The second-order valence-corrected chi connectivity index (χ2v) is 7.42. The van der Waals surface area contributed by atoms with Crippen LogP contribution in [0.2, 0.25) is 5.02 Å². The smallest absolute Gasteiger partial charge is 0.225 e. The summed E-state index contributed by atoms with van der Waals surface area (Å²) in [4.78, 5) is 16.8. The molecule has 0 unspecified atom stereocenters. The van der Waals surface area contributed by atoms with E-state index in [0.717, 1.165) is 36.2 Å². The largest absolute Gasteiger partial charge is 0.326 e. The summed E-state index contributed by atoms with van der Waals surface area (Å²) < 4.78 is 0. The van der Waals surface area contributed by atoms with E-state index in [1.165, 1.54) is 11.8 Å². The molecule has 1 heterocycles. The Hall–Kier alpha value is -2.03. The lowest BCUT2D eigenvalue weighted by atomic mass is 10.2. The molecule has 0 spiro atoms. The molecule has 0 saturated carbocycles. The highest BCUT2D eigenvalue weighted by molar-refractivity contribution is 7.99. The minimum Gasteiger partial charge on any atom is -0.326 e. The Bertz CT molecular complexity index is 817. The van der Waals surface area contributed by atoms with Gasteiger partial charge in [0.1, 0.15) is 11.1 Å². The van der Waals surface area contributed by atoms with Gasteiger partial charge in [-0.05, 0) is 49.6 Å². The van der Waals surface area contributed by atoms with Gasteiger partial charge in [-0.1, -0.05) is 31.0 Å². The van der Waals surface area contributed by atoms with E-state index < -0.39 is 0 Å². The fraction of sp³-hybridized carbons (Fsp3) is 0.350. The first-order valence-corrected chi connectivity index (χ1v) is 9.99. The molecule has 0 saturated heterocycles. The summed E-state index contributed by atoms with van der Waals surface area (Å²) in [5.41, 5.74) is 3.13. The molecule has 0 aliphatic rings. The molecule has 2 aromatic rings. The van der Waals surface area contributed by atoms with Crippen LogP contribution in [0.5, 0.6) is 0 Å². The number of halogens is 1. The minimum atomic E-state index is -0.0801. The molecule has 0 aliphatic carbocycles. The number of amides is 1. The van der Waals surface area contributed by atoms with Gasteiger partial charge in [-0.15, -0.1) is 11.8 Å². The third kappa shape index (κ3) is 5.76. The van der Waals surface area contributed by atoms with Gasteiger partial charge >= 0.3 is 0 Å². The maximum Gasteiger partial charge on any atom is 0.225 e. The predicted molar refractivity (Wildman–Crippen MR) is 108 cm³/mol. The Balaban J connectivity index is 1.93. The summed E-state index contributed by atoms with van der Waals surface area (Å²) in [6.07, 6.45) is 3.42. The third-order valence-corrected chi connectivity index (χ3v) is 5.34. The van der Waals surface area contributed by atoms with Gasteiger partial charge in [0.15, 0.2) is 0 Å². The summed E-state index contributed by atoms with van der Waals surface area (Å²) >= 11 is 7.52. The number of carbonyl (C=O) groups is 1. The monoisotopic (exact) mass is 387 g/mol. The van der Waals surface area contributed by atoms with Crippen LogP contribution >= 0.6 is 23.4 Å². The van der Waals surface area contributed by atoms with Crippen LogP contribution in [0, 0.1) is 18.3 Å². The van der Waals surface area contributed by atoms with Crippen molar-refractivity contribution in [2.24, 2.45) is 0 Å². The van der Waals surface area contributed by atoms with Gasteiger partial charge < -0.3 is 5.32 Å². The molecule has 1 aromatic heterocycles. The first kappa shape index (κ1) is 20.3. The molecule has 0 atom stereocenters. The van der Waals surface area contributed by atoms with Crippen LogP contribution in [0.4, 0.5) is 5.69 Å². The average molecular weight is 388 g/mol. The van der Waals surface area contributed by atoms with Crippen LogP contribution in [0.15, 0.2) is 35.4 Å². The van der Waals surface area contributed by atoms with Crippen molar-refractivity contribution in [3.63, 3.8) is 0 Å². The van der Waals surface area contributed by atoms with E-state index in [1.807, 2.05) is 31.2 Å². The van der Waals surface area contributed by atoms with Crippen LogP contribution in [0.25, 0.3) is 0 Å². The number of anilines is 1. The lowest BCUT2D eigenvalue weighted by Crippen LogP contribution is -2.13. The van der Waals surface area contributed by atoms with Gasteiger partial charge in [0, 0.05) is 28.6 Å². The Kier molecular flexibility index (Phi) is 7.96. The number of nitrogens with one attached hydrogen (secondary N) is 1. The van der Waals surface area contributed by atoms with Crippen molar-refractivity contribution in [2.45, 2.75) is 44.6 Å². The van der Waals surface area contributed by atoms with Crippen LogP contribution in [0.3, 0.4) is 0 Å². The fourth-order valence-electron chi connectivity index (χ4n) is 2.37. The Morgan fingerprint density at radius 1 is 1.35 bits per heavy atom. The number of pyridine rings is 1. The summed E-state index contributed by atoms with van der Waals surface area (Å²) in [5.74, 6) is 0.480. The quantitative estimate of drug-likeness (QED) is 0.617. The molecule has 4 nitrogen and oxygen atoms in total. The number of carbonyl (C=O) groups excluding carboxylic acids is 1. The highest BCUT2D eigenvalue weighted by Gasteiger charge is 2.10. The average Bonchev–Trinajstić information content (AvgIpc) is 2.64. The predicted octanol–water partition coefficient (Wildman–Crippen LogP) is 5.38. The number of aryl methyl sites for hydroxylation is 1. The number of rotatable bonds is 8. The zero-order valence-corrected chi connectivity index (χ0v) is 16.6. The van der Waals surface area contributed by atoms with E-state index in [2.05, 4.69) is 23.3 Å². The molecule has 2 rings (SSSR count). The summed E-state index contributed by atoms with van der Waals surface area (Å²) in [6, 6.07) is 11.3. The third-order valence-electron chi connectivity index (χ3n) is 3.93. The van der Waals surface area contributed by atoms with Gasteiger partial charge in [-0.3, -0.25) is 4.79 Å². The van der Waals surface area contributed by atoms with Crippen molar-refractivity contribution >= 4 is 35.0 Å². The van der Waals surface area contributed by atoms with Crippen molar-refractivity contribution in [1.82, 2.24) is 4.98 Å². The normalized spacial score (nSPS) is 10.4. The van der Waals surface area contributed by atoms with Gasteiger partial charge in [0.05, 0.1) is 5.56 Å². The maximum absolute atomic E-state index is 12.2. The number of aromatic nitrogens is 1. The molecule has 0 radical (unpaired) electrons. The van der Waals surface area contributed by atoms with Gasteiger partial charge in [-0.25, -0.2) is 4.98 Å². The topological polar surface area (TPSA) is 65.8 Å². The number of hydrogen-bond acceptors (Lipinski definition) is 4. The minimum absolute atomic E-state index is 0.0801. The van der Waals surface area contributed by atoms with Crippen molar-refractivity contribution in [3.8, 4) is 6.07 Å². The summed E-state index contributed by atoms with van der Waals surface area (Å²) in [7, 11) is 0. The second-order valence-electron chi connectivity index (χ2n) is 5.93. The van der Waals surface area contributed by atoms with Crippen molar-refractivity contribution in [3.05, 3.63) is 52.2 Å². The Labute approximate surface area is 164 Å². The molecular formula is C20H22ClN3OS. The number of hydrogen-bond donors (Lipinski definition) is 1. The van der Waals surface area contributed by atoms with E-state index in [4.69, 9.17) is 11.6 Å². The zero-order chi connectivity index (χ0) is 18.9. The first-order chi connectivity index (χ1) is 12.5. The molecule has 1 aromatic carbocycles. The van der Waals surface area contributed by atoms with Gasteiger partial charge in [0.2, 0.25) is 5.91 Å². The molecule has 0 aliphatic heterocycles. The molecule has 0 fully saturated rings. The van der Waals surface area contributed by atoms with Crippen molar-refractivity contribution in [1.29, 1.82) is 5.26 Å². The number of nitrogens with zero attached hydrogens (tertiary/aromatic N) is 2. The summed E-state index contributed by atoms with van der Waals surface area (Å²) in [6.45, 7) is 4.01. The van der Waals surface area contributed by atoms with E-state index in [0.29, 0.717) is 27.8 Å². The molecule has 1 amide bonds. The lowest BCUT2D eigenvalue weighted by Gasteiger charge is -2.10. The van der Waals surface area contributed by atoms with Crippen LogP contribution in [0.1, 0.15) is 43.0 Å².